The van der Waals surface area contributed by atoms with Crippen molar-refractivity contribution in [2.45, 2.75) is 25.3 Å². The van der Waals surface area contributed by atoms with Gasteiger partial charge in [0.05, 0.1) is 23.8 Å². The van der Waals surface area contributed by atoms with Crippen molar-refractivity contribution >= 4 is 11.6 Å². The summed E-state index contributed by atoms with van der Waals surface area (Å²) in [7, 11) is 0. The number of nitrogens with zero attached hydrogens (tertiary/aromatic N) is 1. The van der Waals surface area contributed by atoms with Crippen molar-refractivity contribution in [3.63, 3.8) is 0 Å². The molecule has 1 aromatic carbocycles. The molecule has 1 aromatic heterocycles. The monoisotopic (exact) mass is 309 g/mol. The maximum atomic E-state index is 13.7. The van der Waals surface area contributed by atoms with E-state index in [1.165, 1.54) is 6.07 Å². The topological polar surface area (TPSA) is 31.4 Å². The average Bonchev–Trinajstić information content (AvgIpc) is 2.42. The molecule has 0 fully saturated rings. The molecule has 0 bridgehead atoms. The summed E-state index contributed by atoms with van der Waals surface area (Å²) in [6, 6.07) is 11.8. The van der Waals surface area contributed by atoms with Crippen LogP contribution in [0.25, 0.3) is 0 Å². The quantitative estimate of drug-likeness (QED) is 0.734. The van der Waals surface area contributed by atoms with Crippen LogP contribution >= 0.6 is 11.6 Å². The summed E-state index contributed by atoms with van der Waals surface area (Å²) in [4.78, 5) is 3.68. The van der Waals surface area contributed by atoms with E-state index >= 15 is 0 Å². The Labute approximate surface area is 128 Å². The van der Waals surface area contributed by atoms with Crippen molar-refractivity contribution in [2.24, 2.45) is 0 Å². The molecule has 0 spiro atoms. The van der Waals surface area contributed by atoms with E-state index in [1.54, 1.807) is 18.2 Å². The third-order valence-corrected chi connectivity index (χ3v) is 2.63. The summed E-state index contributed by atoms with van der Waals surface area (Å²) in [5, 5.41) is 0. The highest BCUT2D eigenvalue weighted by molar-refractivity contribution is 6.23. The highest BCUT2D eigenvalue weighted by Gasteiger charge is 2.14. The first-order valence-corrected chi connectivity index (χ1v) is 6.97. The number of rotatable bonds is 6. The van der Waals surface area contributed by atoms with Gasteiger partial charge in [0.25, 0.3) is 5.88 Å². The van der Waals surface area contributed by atoms with Crippen molar-refractivity contribution < 1.29 is 13.9 Å². The Morgan fingerprint density at radius 1 is 1.14 bits per heavy atom. The van der Waals surface area contributed by atoms with Crippen LogP contribution in [0.4, 0.5) is 4.39 Å². The van der Waals surface area contributed by atoms with Gasteiger partial charge in [-0.1, -0.05) is 18.2 Å². The Bertz CT molecular complexity index is 585. The van der Waals surface area contributed by atoms with Crippen molar-refractivity contribution in [3.8, 4) is 11.6 Å². The second kappa shape index (κ2) is 6.87. The van der Waals surface area contributed by atoms with Gasteiger partial charge in [-0.05, 0) is 38.1 Å². The summed E-state index contributed by atoms with van der Waals surface area (Å²) in [6.45, 7) is 4.34. The second-order valence-corrected chi connectivity index (χ2v) is 6.24. The molecule has 0 radical (unpaired) electrons. The van der Waals surface area contributed by atoms with Crippen LogP contribution in [0.2, 0.25) is 0 Å². The molecule has 0 saturated heterocycles. The van der Waals surface area contributed by atoms with Crippen molar-refractivity contribution in [1.82, 2.24) is 4.98 Å². The van der Waals surface area contributed by atoms with Gasteiger partial charge in [0, 0.05) is 0 Å². The number of halogens is 2. The number of para-hydroxylation sites is 1. The van der Waals surface area contributed by atoms with E-state index in [0.717, 1.165) is 0 Å². The molecule has 0 amide bonds. The molecule has 0 aliphatic rings. The normalized spacial score (nSPS) is 11.4. The maximum absolute atomic E-state index is 13.7. The first-order valence-electron chi connectivity index (χ1n) is 6.59. The lowest BCUT2D eigenvalue weighted by molar-refractivity contribution is 0.102. The van der Waals surface area contributed by atoms with E-state index < -0.39 is 10.7 Å². The van der Waals surface area contributed by atoms with Crippen LogP contribution in [0, 0.1) is 5.82 Å². The Kier molecular flexibility index (Phi) is 5.15. The standard InChI is InChI=1S/C16H17ClFNO2/c1-16(2,17)11-20-10-12-8-9-14(18)15(19-12)21-13-6-4-3-5-7-13/h3-9H,10-11H2,1-2H3. The molecule has 0 unspecified atom stereocenters. The Balaban J connectivity index is 2.03. The summed E-state index contributed by atoms with van der Waals surface area (Å²) in [5.41, 5.74) is 0.586. The Morgan fingerprint density at radius 3 is 2.52 bits per heavy atom. The van der Waals surface area contributed by atoms with Crippen LogP contribution in [0.15, 0.2) is 42.5 Å². The fraction of sp³-hybridized carbons (Fsp3) is 0.312. The average molecular weight is 310 g/mol. The van der Waals surface area contributed by atoms with Gasteiger partial charge in [-0.25, -0.2) is 9.37 Å². The first-order chi connectivity index (χ1) is 9.94. The summed E-state index contributed by atoms with van der Waals surface area (Å²) >= 11 is 6.03. The van der Waals surface area contributed by atoms with E-state index in [0.29, 0.717) is 18.1 Å². The predicted octanol–water partition coefficient (Wildman–Crippen LogP) is 4.55. The van der Waals surface area contributed by atoms with Crippen LogP contribution in [0.3, 0.4) is 0 Å². The van der Waals surface area contributed by atoms with E-state index in [-0.39, 0.29) is 12.5 Å². The van der Waals surface area contributed by atoms with Crippen LogP contribution < -0.4 is 4.74 Å². The lowest BCUT2D eigenvalue weighted by Gasteiger charge is -2.15. The van der Waals surface area contributed by atoms with Gasteiger partial charge < -0.3 is 9.47 Å². The van der Waals surface area contributed by atoms with Gasteiger partial charge in [-0.15, -0.1) is 11.6 Å². The molecule has 0 aliphatic heterocycles. The Hall–Kier alpha value is -1.65. The van der Waals surface area contributed by atoms with Crippen LogP contribution in [0.5, 0.6) is 11.6 Å². The largest absolute Gasteiger partial charge is 0.436 e. The third-order valence-electron chi connectivity index (χ3n) is 2.52. The fourth-order valence-electron chi connectivity index (χ4n) is 1.61. The number of hydrogen-bond donors (Lipinski definition) is 0. The van der Waals surface area contributed by atoms with Gasteiger partial charge in [-0.3, -0.25) is 0 Å². The first kappa shape index (κ1) is 15.7. The molecule has 112 valence electrons. The van der Waals surface area contributed by atoms with Gasteiger partial charge in [-0.2, -0.15) is 0 Å². The minimum atomic E-state index is -0.514. The van der Waals surface area contributed by atoms with Gasteiger partial charge in [0.1, 0.15) is 5.75 Å². The molecule has 0 aliphatic carbocycles. The number of benzene rings is 1. The molecule has 0 atom stereocenters. The molecule has 2 aromatic rings. The fourth-order valence-corrected chi connectivity index (χ4v) is 1.69. The van der Waals surface area contributed by atoms with Crippen molar-refractivity contribution in [2.75, 3.05) is 6.61 Å². The lowest BCUT2D eigenvalue weighted by atomic mass is 10.2. The smallest absolute Gasteiger partial charge is 0.256 e. The minimum absolute atomic E-state index is 0.0626. The predicted molar refractivity (Wildman–Crippen MR) is 80.3 cm³/mol. The molecular formula is C16H17ClFNO2. The molecule has 1 heterocycles. The molecular weight excluding hydrogens is 293 g/mol. The molecule has 3 nitrogen and oxygen atoms in total. The molecule has 0 saturated carbocycles. The molecule has 2 rings (SSSR count). The van der Waals surface area contributed by atoms with Crippen LogP contribution in [0.1, 0.15) is 19.5 Å². The lowest BCUT2D eigenvalue weighted by Crippen LogP contribution is -2.19. The van der Waals surface area contributed by atoms with E-state index in [4.69, 9.17) is 21.1 Å². The highest BCUT2D eigenvalue weighted by Crippen LogP contribution is 2.22. The van der Waals surface area contributed by atoms with Crippen LogP contribution in [-0.2, 0) is 11.3 Å². The zero-order valence-electron chi connectivity index (χ0n) is 12.0. The summed E-state index contributed by atoms with van der Waals surface area (Å²) in [6.07, 6.45) is 0. The SMILES string of the molecule is CC(C)(Cl)COCc1ccc(F)c(Oc2ccccc2)n1. The van der Waals surface area contributed by atoms with E-state index in [1.807, 2.05) is 32.0 Å². The number of pyridine rings is 1. The molecule has 21 heavy (non-hydrogen) atoms. The second-order valence-electron chi connectivity index (χ2n) is 5.22. The van der Waals surface area contributed by atoms with Crippen LogP contribution in [-0.4, -0.2) is 16.5 Å². The minimum Gasteiger partial charge on any atom is -0.436 e. The Morgan fingerprint density at radius 2 is 1.86 bits per heavy atom. The summed E-state index contributed by atoms with van der Waals surface area (Å²) < 4.78 is 24.6. The van der Waals surface area contributed by atoms with Gasteiger partial charge in [0.2, 0.25) is 0 Å². The maximum Gasteiger partial charge on any atom is 0.256 e. The van der Waals surface area contributed by atoms with E-state index in [9.17, 15) is 4.39 Å². The third kappa shape index (κ3) is 5.33. The molecule has 0 N–H and O–H groups in total. The van der Waals surface area contributed by atoms with Gasteiger partial charge in [0.15, 0.2) is 5.82 Å². The van der Waals surface area contributed by atoms with Crippen molar-refractivity contribution in [1.29, 1.82) is 0 Å². The number of alkyl halides is 1. The number of hydrogen-bond acceptors (Lipinski definition) is 3. The zero-order chi connectivity index (χ0) is 15.3. The zero-order valence-corrected chi connectivity index (χ0v) is 12.7. The van der Waals surface area contributed by atoms with Gasteiger partial charge >= 0.3 is 0 Å². The number of aromatic nitrogens is 1. The van der Waals surface area contributed by atoms with E-state index in [2.05, 4.69) is 4.98 Å². The number of ether oxygens (including phenoxy) is 2. The van der Waals surface area contributed by atoms with Crippen molar-refractivity contribution in [3.05, 3.63) is 54.0 Å². The molecule has 5 heteroatoms. The highest BCUT2D eigenvalue weighted by atomic mass is 35.5. The summed E-state index contributed by atoms with van der Waals surface area (Å²) in [5.74, 6) is -0.0448.